The van der Waals surface area contributed by atoms with E-state index in [1.54, 1.807) is 31.2 Å². The molecule has 0 heterocycles. The summed E-state index contributed by atoms with van der Waals surface area (Å²) in [6.45, 7) is 2.00. The summed E-state index contributed by atoms with van der Waals surface area (Å²) in [7, 11) is 0. The summed E-state index contributed by atoms with van der Waals surface area (Å²) in [5.74, 6) is -1.12. The van der Waals surface area contributed by atoms with Gasteiger partial charge in [0.25, 0.3) is 0 Å². The number of ether oxygens (including phenoxy) is 1. The average molecular weight is 262 g/mol. The van der Waals surface area contributed by atoms with E-state index in [1.165, 1.54) is 0 Å². The molecule has 4 heteroatoms. The molecular weight excluding hydrogens is 244 g/mol. The summed E-state index contributed by atoms with van der Waals surface area (Å²) in [6.07, 6.45) is 0.627. The van der Waals surface area contributed by atoms with Gasteiger partial charge in [0.2, 0.25) is 0 Å². The molecule has 1 aliphatic carbocycles. The van der Waals surface area contributed by atoms with Crippen LogP contribution in [0.2, 0.25) is 0 Å². The molecule has 0 bridgehead atoms. The van der Waals surface area contributed by atoms with Crippen LogP contribution in [0.15, 0.2) is 30.3 Å². The third-order valence-corrected chi connectivity index (χ3v) is 3.60. The lowest BCUT2D eigenvalue weighted by Crippen LogP contribution is -2.45. The standard InChI is InChI=1S/C15H18O4/c1-2-19-14(17)13-9-8-12(16)10-15(13,18)11-6-4-3-5-7-11/h3-7,13,18H,2,8-10H2,1H3. The van der Waals surface area contributed by atoms with Gasteiger partial charge in [-0.15, -0.1) is 0 Å². The van der Waals surface area contributed by atoms with Gasteiger partial charge in [0, 0.05) is 12.8 Å². The third kappa shape index (κ3) is 2.68. The lowest BCUT2D eigenvalue weighted by atomic mass is 9.71. The maximum atomic E-state index is 12.0. The Labute approximate surface area is 112 Å². The summed E-state index contributed by atoms with van der Waals surface area (Å²) in [6, 6.07) is 8.88. The normalized spacial score (nSPS) is 27.1. The number of ketones is 1. The summed E-state index contributed by atoms with van der Waals surface area (Å²) in [5, 5.41) is 10.8. The molecule has 0 aliphatic heterocycles. The highest BCUT2D eigenvalue weighted by atomic mass is 16.5. The molecule has 0 saturated heterocycles. The van der Waals surface area contributed by atoms with Gasteiger partial charge in [0.15, 0.2) is 0 Å². The zero-order valence-electron chi connectivity index (χ0n) is 11.0. The zero-order valence-corrected chi connectivity index (χ0v) is 11.0. The maximum Gasteiger partial charge on any atom is 0.312 e. The maximum absolute atomic E-state index is 12.0. The van der Waals surface area contributed by atoms with Gasteiger partial charge in [-0.25, -0.2) is 0 Å². The number of aliphatic hydroxyl groups is 1. The van der Waals surface area contributed by atoms with Crippen LogP contribution in [0.3, 0.4) is 0 Å². The van der Waals surface area contributed by atoms with Crippen molar-refractivity contribution in [3.63, 3.8) is 0 Å². The largest absolute Gasteiger partial charge is 0.466 e. The molecule has 1 aliphatic rings. The Morgan fingerprint density at radius 2 is 2.11 bits per heavy atom. The number of rotatable bonds is 3. The van der Waals surface area contributed by atoms with Crippen molar-refractivity contribution in [2.24, 2.45) is 5.92 Å². The van der Waals surface area contributed by atoms with Crippen LogP contribution in [0.5, 0.6) is 0 Å². The molecule has 1 aromatic carbocycles. The number of carbonyl (C=O) groups is 2. The van der Waals surface area contributed by atoms with Crippen LogP contribution in [-0.2, 0) is 19.9 Å². The molecular formula is C15H18O4. The molecule has 0 amide bonds. The van der Waals surface area contributed by atoms with Crippen molar-refractivity contribution in [1.29, 1.82) is 0 Å². The molecule has 0 aromatic heterocycles. The molecule has 1 fully saturated rings. The molecule has 0 radical (unpaired) electrons. The molecule has 102 valence electrons. The van der Waals surface area contributed by atoms with Gasteiger partial charge in [0.1, 0.15) is 11.4 Å². The van der Waals surface area contributed by atoms with E-state index in [9.17, 15) is 14.7 Å². The number of hydrogen-bond acceptors (Lipinski definition) is 4. The van der Waals surface area contributed by atoms with E-state index < -0.39 is 17.5 Å². The summed E-state index contributed by atoms with van der Waals surface area (Å²) in [4.78, 5) is 23.7. The van der Waals surface area contributed by atoms with Crippen molar-refractivity contribution in [3.8, 4) is 0 Å². The van der Waals surface area contributed by atoms with Crippen molar-refractivity contribution in [2.45, 2.75) is 31.8 Å². The Bertz CT molecular complexity index is 468. The lowest BCUT2D eigenvalue weighted by molar-refractivity contribution is -0.165. The van der Waals surface area contributed by atoms with Crippen LogP contribution in [0.4, 0.5) is 0 Å². The minimum Gasteiger partial charge on any atom is -0.466 e. The first-order chi connectivity index (χ1) is 9.08. The first kappa shape index (κ1) is 13.7. The van der Waals surface area contributed by atoms with Gasteiger partial charge >= 0.3 is 5.97 Å². The Morgan fingerprint density at radius 1 is 1.42 bits per heavy atom. The second-order valence-corrected chi connectivity index (χ2v) is 4.85. The van der Waals surface area contributed by atoms with Crippen molar-refractivity contribution in [1.82, 2.24) is 0 Å². The number of Topliss-reactive ketones (excluding diaryl/α,β-unsaturated/α-hetero) is 1. The number of hydrogen-bond donors (Lipinski definition) is 1. The van der Waals surface area contributed by atoms with Gasteiger partial charge in [-0.3, -0.25) is 9.59 Å². The monoisotopic (exact) mass is 262 g/mol. The molecule has 1 aromatic rings. The number of esters is 1. The highest BCUT2D eigenvalue weighted by Gasteiger charge is 2.47. The van der Waals surface area contributed by atoms with E-state index in [4.69, 9.17) is 4.74 Å². The van der Waals surface area contributed by atoms with Crippen LogP contribution in [0.25, 0.3) is 0 Å². The topological polar surface area (TPSA) is 63.6 Å². The molecule has 2 atom stereocenters. The zero-order chi connectivity index (χ0) is 13.9. The molecule has 4 nitrogen and oxygen atoms in total. The second kappa shape index (κ2) is 5.53. The molecule has 2 rings (SSSR count). The van der Waals surface area contributed by atoms with Gasteiger partial charge in [0.05, 0.1) is 12.5 Å². The average Bonchev–Trinajstić information content (AvgIpc) is 2.40. The predicted molar refractivity (Wildman–Crippen MR) is 69.3 cm³/mol. The van der Waals surface area contributed by atoms with Gasteiger partial charge in [-0.1, -0.05) is 30.3 Å². The predicted octanol–water partition coefficient (Wildman–Crippen LogP) is 1.81. The van der Waals surface area contributed by atoms with Gasteiger partial charge in [-0.2, -0.15) is 0 Å². The van der Waals surface area contributed by atoms with Crippen molar-refractivity contribution >= 4 is 11.8 Å². The fourth-order valence-corrected chi connectivity index (χ4v) is 2.64. The Hall–Kier alpha value is -1.68. The van der Waals surface area contributed by atoms with Crippen molar-refractivity contribution < 1.29 is 19.4 Å². The molecule has 1 saturated carbocycles. The smallest absolute Gasteiger partial charge is 0.312 e. The minimum absolute atomic E-state index is 0.0214. The van der Waals surface area contributed by atoms with Crippen LogP contribution >= 0.6 is 0 Å². The molecule has 1 N–H and O–H groups in total. The summed E-state index contributed by atoms with van der Waals surface area (Å²) >= 11 is 0. The van der Waals surface area contributed by atoms with Gasteiger partial charge in [-0.05, 0) is 18.9 Å². The van der Waals surface area contributed by atoms with Crippen molar-refractivity contribution in [2.75, 3.05) is 6.61 Å². The molecule has 2 unspecified atom stereocenters. The highest BCUT2D eigenvalue weighted by molar-refractivity contribution is 5.85. The van der Waals surface area contributed by atoms with Crippen LogP contribution in [-0.4, -0.2) is 23.5 Å². The van der Waals surface area contributed by atoms with E-state index in [1.807, 2.05) is 6.07 Å². The van der Waals surface area contributed by atoms with Crippen LogP contribution in [0, 0.1) is 5.92 Å². The SMILES string of the molecule is CCOC(=O)C1CCC(=O)CC1(O)c1ccccc1. The van der Waals surface area contributed by atoms with Crippen LogP contribution in [0.1, 0.15) is 31.7 Å². The quantitative estimate of drug-likeness (QED) is 0.844. The van der Waals surface area contributed by atoms with E-state index >= 15 is 0 Å². The minimum atomic E-state index is -1.44. The van der Waals surface area contributed by atoms with E-state index in [-0.39, 0.29) is 18.8 Å². The van der Waals surface area contributed by atoms with E-state index in [2.05, 4.69) is 0 Å². The highest BCUT2D eigenvalue weighted by Crippen LogP contribution is 2.40. The van der Waals surface area contributed by atoms with E-state index in [0.29, 0.717) is 18.4 Å². The Kier molecular flexibility index (Phi) is 4.00. The first-order valence-electron chi connectivity index (χ1n) is 6.54. The van der Waals surface area contributed by atoms with E-state index in [0.717, 1.165) is 0 Å². The van der Waals surface area contributed by atoms with Gasteiger partial charge < -0.3 is 9.84 Å². The number of benzene rings is 1. The third-order valence-electron chi connectivity index (χ3n) is 3.60. The van der Waals surface area contributed by atoms with Crippen LogP contribution < -0.4 is 0 Å². The fraction of sp³-hybridized carbons (Fsp3) is 0.467. The molecule has 0 spiro atoms. The Balaban J connectivity index is 2.35. The summed E-state index contributed by atoms with van der Waals surface area (Å²) < 4.78 is 5.02. The molecule has 19 heavy (non-hydrogen) atoms. The van der Waals surface area contributed by atoms with Crippen molar-refractivity contribution in [3.05, 3.63) is 35.9 Å². The second-order valence-electron chi connectivity index (χ2n) is 4.85. The first-order valence-corrected chi connectivity index (χ1v) is 6.54. The Morgan fingerprint density at radius 3 is 2.74 bits per heavy atom. The lowest BCUT2D eigenvalue weighted by Gasteiger charge is -2.38. The number of carbonyl (C=O) groups excluding carboxylic acids is 2. The summed E-state index contributed by atoms with van der Waals surface area (Å²) in [5.41, 5.74) is -0.843. The fourth-order valence-electron chi connectivity index (χ4n) is 2.64.